The quantitative estimate of drug-likeness (QED) is 0.317. The molecule has 7 rings (SSSR count). The molecule has 258 valence electrons. The number of fused-ring (bicyclic) bond motifs is 3. The minimum atomic E-state index is -4.60. The third-order valence-corrected chi connectivity index (χ3v) is 10.1. The maximum Gasteiger partial charge on any atom is 0.416 e. The van der Waals surface area contributed by atoms with Crippen molar-refractivity contribution in [3.63, 3.8) is 0 Å². The number of aryl methyl sites for hydroxylation is 1. The molecule has 3 aromatic heterocycles. The molecule has 1 fully saturated rings. The number of carbonyl (C=O) groups is 2. The zero-order valence-corrected chi connectivity index (χ0v) is 27.4. The van der Waals surface area contributed by atoms with Crippen molar-refractivity contribution >= 4 is 46.3 Å². The lowest BCUT2D eigenvalue weighted by molar-refractivity contribution is -0.137. The lowest BCUT2D eigenvalue weighted by Crippen LogP contribution is -2.46. The van der Waals surface area contributed by atoms with E-state index < -0.39 is 23.1 Å². The van der Waals surface area contributed by atoms with Crippen molar-refractivity contribution in [2.75, 3.05) is 37.4 Å². The fourth-order valence-corrected chi connectivity index (χ4v) is 7.62. The summed E-state index contributed by atoms with van der Waals surface area (Å²) in [5.41, 5.74) is 6.51. The molecule has 5 heterocycles. The van der Waals surface area contributed by atoms with Crippen molar-refractivity contribution in [1.29, 1.82) is 0 Å². The van der Waals surface area contributed by atoms with E-state index in [-0.39, 0.29) is 46.2 Å². The van der Waals surface area contributed by atoms with E-state index >= 15 is 0 Å². The van der Waals surface area contributed by atoms with Crippen LogP contribution < -0.4 is 16.6 Å². The number of carbonyl (C=O) groups excluding carboxylic acids is 2. The van der Waals surface area contributed by atoms with Gasteiger partial charge in [0.25, 0.3) is 11.5 Å². The van der Waals surface area contributed by atoms with Crippen molar-refractivity contribution in [3.05, 3.63) is 74.1 Å². The molecule has 2 aliphatic heterocycles. The van der Waals surface area contributed by atoms with Crippen LogP contribution >= 0.6 is 11.6 Å². The van der Waals surface area contributed by atoms with Gasteiger partial charge in [-0.15, -0.1) is 5.10 Å². The number of anilines is 2. The molecular formula is C32H33ClF3N9O4. The number of hydrogen-bond donors (Lipinski definition) is 2. The minimum Gasteiger partial charge on any atom is -0.383 e. The molecule has 13 nitrogen and oxygen atoms in total. The van der Waals surface area contributed by atoms with Gasteiger partial charge in [0.1, 0.15) is 17.9 Å². The zero-order valence-electron chi connectivity index (χ0n) is 26.7. The molecule has 4 aromatic rings. The highest BCUT2D eigenvalue weighted by Gasteiger charge is 2.49. The summed E-state index contributed by atoms with van der Waals surface area (Å²) in [6.45, 7) is 3.27. The van der Waals surface area contributed by atoms with Crippen molar-refractivity contribution in [1.82, 2.24) is 33.8 Å². The molecule has 3 N–H and O–H groups in total. The summed E-state index contributed by atoms with van der Waals surface area (Å²) in [4.78, 5) is 47.7. The molecule has 2 amide bonds. The van der Waals surface area contributed by atoms with E-state index in [4.69, 9.17) is 27.1 Å². The molecule has 1 aliphatic carbocycles. The first-order valence-corrected chi connectivity index (χ1v) is 16.2. The summed E-state index contributed by atoms with van der Waals surface area (Å²) in [6, 6.07) is 2.70. The lowest BCUT2D eigenvalue weighted by atomic mass is 9.73. The second-order valence-corrected chi connectivity index (χ2v) is 13.2. The van der Waals surface area contributed by atoms with Gasteiger partial charge in [-0.05, 0) is 55.4 Å². The average Bonchev–Trinajstić information content (AvgIpc) is 3.74. The Balaban J connectivity index is 1.26. The Bertz CT molecular complexity index is 2090. The van der Waals surface area contributed by atoms with Crippen molar-refractivity contribution < 1.29 is 27.5 Å². The lowest BCUT2D eigenvalue weighted by Gasteiger charge is -2.39. The van der Waals surface area contributed by atoms with Crippen LogP contribution in [0.2, 0.25) is 5.02 Å². The Kier molecular flexibility index (Phi) is 8.05. The van der Waals surface area contributed by atoms with Gasteiger partial charge in [-0.3, -0.25) is 19.1 Å². The number of rotatable bonds is 5. The molecular weight excluding hydrogens is 667 g/mol. The van der Waals surface area contributed by atoms with Crippen LogP contribution in [0.4, 0.5) is 24.7 Å². The van der Waals surface area contributed by atoms with E-state index in [9.17, 15) is 27.6 Å². The second-order valence-electron chi connectivity index (χ2n) is 12.8. The summed E-state index contributed by atoms with van der Waals surface area (Å²) in [7, 11) is 1.66. The molecule has 17 heteroatoms. The van der Waals surface area contributed by atoms with Crippen molar-refractivity contribution in [3.8, 4) is 0 Å². The fraction of sp³-hybridized carbons (Fsp3) is 0.438. The molecule has 49 heavy (non-hydrogen) atoms. The Morgan fingerprint density at radius 3 is 2.61 bits per heavy atom. The first-order chi connectivity index (χ1) is 23.3. The molecule has 1 saturated heterocycles. The van der Waals surface area contributed by atoms with E-state index in [1.165, 1.54) is 15.4 Å². The van der Waals surface area contributed by atoms with E-state index in [0.29, 0.717) is 74.6 Å². The number of amides is 2. The molecule has 0 radical (unpaired) electrons. The molecule has 1 atom stereocenters. The first kappa shape index (κ1) is 32.8. The molecule has 1 unspecified atom stereocenters. The van der Waals surface area contributed by atoms with E-state index in [0.717, 1.165) is 23.8 Å². The molecule has 1 spiro atoms. The number of halogens is 4. The van der Waals surface area contributed by atoms with E-state index in [1.54, 1.807) is 16.5 Å². The van der Waals surface area contributed by atoms with Crippen LogP contribution in [0.5, 0.6) is 0 Å². The number of aromatic nitrogens is 6. The van der Waals surface area contributed by atoms with E-state index in [1.807, 2.05) is 13.0 Å². The smallest absolute Gasteiger partial charge is 0.383 e. The van der Waals surface area contributed by atoms with Gasteiger partial charge in [0.05, 0.1) is 35.7 Å². The number of hydrogen-bond acceptors (Lipinski definition) is 8. The number of nitrogens with one attached hydrogen (secondary N) is 1. The van der Waals surface area contributed by atoms with Gasteiger partial charge in [0, 0.05) is 36.8 Å². The topological polar surface area (TPSA) is 155 Å². The number of alkyl halides is 3. The predicted octanol–water partition coefficient (Wildman–Crippen LogP) is 4.00. The third kappa shape index (κ3) is 5.65. The first-order valence-electron chi connectivity index (χ1n) is 15.8. The largest absolute Gasteiger partial charge is 0.416 e. The monoisotopic (exact) mass is 699 g/mol. The van der Waals surface area contributed by atoms with Gasteiger partial charge in [-0.1, -0.05) is 24.6 Å². The van der Waals surface area contributed by atoms with Gasteiger partial charge >= 0.3 is 6.18 Å². The van der Waals surface area contributed by atoms with Gasteiger partial charge in [-0.25, -0.2) is 0 Å². The van der Waals surface area contributed by atoms with Crippen LogP contribution in [0.25, 0.3) is 11.4 Å². The average molecular weight is 700 g/mol. The number of nitrogens with zero attached hydrogens (tertiary/aromatic N) is 7. The number of ether oxygens (including phenoxy) is 1. The van der Waals surface area contributed by atoms with Crippen LogP contribution in [-0.2, 0) is 34.7 Å². The maximum atomic E-state index is 14.4. The predicted molar refractivity (Wildman–Crippen MR) is 173 cm³/mol. The zero-order chi connectivity index (χ0) is 34.8. The van der Waals surface area contributed by atoms with Gasteiger partial charge < -0.3 is 25.3 Å². The van der Waals surface area contributed by atoms with Crippen LogP contribution in [-0.4, -0.2) is 72.0 Å². The summed E-state index contributed by atoms with van der Waals surface area (Å²) < 4.78 is 49.4. The standard InChI is InChI=1S/C32H33ClF3N9O4/c1-17-14-31(7-9-43(10-8-31)28(47)20-15-38-42(2)26(20)37)24-25(17)44(16-23(46)39-22-4-3-19(13-21(22)33)32(34,35)36)30-40-27(41-45(30)29(24)48)18-5-11-49-12-6-18/h3-5,13,15,17H,6-12,14,16,37H2,1-2H3,(H,39,46). The number of piperidine rings is 1. The molecule has 0 saturated carbocycles. The van der Waals surface area contributed by atoms with Crippen LogP contribution in [0.1, 0.15) is 71.5 Å². The normalized spacial score (nSPS) is 18.9. The maximum absolute atomic E-state index is 14.4. The molecule has 1 aromatic carbocycles. The van der Waals surface area contributed by atoms with Crippen LogP contribution in [0, 0.1) is 0 Å². The number of nitrogens with two attached hydrogens (primary N) is 1. The number of nitrogen functional groups attached to an aromatic ring is 1. The van der Waals surface area contributed by atoms with Crippen LogP contribution in [0.15, 0.2) is 35.3 Å². The highest BCUT2D eigenvalue weighted by Crippen LogP contribution is 2.50. The molecule has 3 aliphatic rings. The Labute approximate surface area is 282 Å². The van der Waals surface area contributed by atoms with Crippen LogP contribution in [0.3, 0.4) is 0 Å². The Morgan fingerprint density at radius 1 is 1.22 bits per heavy atom. The number of benzene rings is 1. The van der Waals surface area contributed by atoms with Gasteiger partial charge in [-0.2, -0.15) is 27.8 Å². The van der Waals surface area contributed by atoms with Gasteiger partial charge in [0.15, 0.2) is 5.82 Å². The minimum absolute atomic E-state index is 0.0127. The Hall–Kier alpha value is -4.70. The summed E-state index contributed by atoms with van der Waals surface area (Å²) in [5.74, 6) is -0.194. The highest BCUT2D eigenvalue weighted by atomic mass is 35.5. The number of likely N-dealkylation sites (tertiary alicyclic amines) is 1. The van der Waals surface area contributed by atoms with Crippen molar-refractivity contribution in [2.45, 2.75) is 56.7 Å². The third-order valence-electron chi connectivity index (χ3n) is 9.82. The van der Waals surface area contributed by atoms with Crippen molar-refractivity contribution in [2.24, 2.45) is 7.05 Å². The van der Waals surface area contributed by atoms with Gasteiger partial charge in [0.2, 0.25) is 11.7 Å². The molecule has 0 bridgehead atoms. The SMILES string of the molecule is CC1CC2(CCN(C(=O)c3cnn(C)c3N)CC2)c2c1n(CC(=O)Nc1ccc(C(F)(F)F)cc1Cl)c1nc(C3=CCOCC3)nn1c2=O. The Morgan fingerprint density at radius 2 is 1.98 bits per heavy atom. The highest BCUT2D eigenvalue weighted by molar-refractivity contribution is 6.33. The fourth-order valence-electron chi connectivity index (χ4n) is 7.39. The summed E-state index contributed by atoms with van der Waals surface area (Å²) in [6.07, 6.45) is 0.840. The van der Waals surface area contributed by atoms with E-state index in [2.05, 4.69) is 15.5 Å². The summed E-state index contributed by atoms with van der Waals surface area (Å²) in [5, 5.41) is 11.0. The second kappa shape index (κ2) is 12.0. The summed E-state index contributed by atoms with van der Waals surface area (Å²) >= 11 is 6.14.